The molecule has 1 atom stereocenters. The van der Waals surface area contributed by atoms with Crippen molar-refractivity contribution in [2.24, 2.45) is 0 Å². The average molecular weight is 451 g/mol. The van der Waals surface area contributed by atoms with Crippen molar-refractivity contribution < 1.29 is 29.4 Å². The van der Waals surface area contributed by atoms with Crippen molar-refractivity contribution in [3.8, 4) is 0 Å². The van der Waals surface area contributed by atoms with Gasteiger partial charge in [-0.15, -0.1) is 0 Å². The Morgan fingerprint density at radius 2 is 1.67 bits per heavy atom. The lowest BCUT2D eigenvalue weighted by Crippen LogP contribution is -2.39. The topological polar surface area (TPSA) is 140 Å². The van der Waals surface area contributed by atoms with Crippen molar-refractivity contribution in [3.05, 3.63) is 65.4 Å². The molecule has 1 aliphatic rings. The number of aromatic amines is 1. The molecule has 0 saturated carbocycles. The van der Waals surface area contributed by atoms with Crippen LogP contribution in [-0.2, 0) is 25.6 Å². The van der Waals surface area contributed by atoms with Crippen LogP contribution in [0.1, 0.15) is 23.1 Å². The fourth-order valence-corrected chi connectivity index (χ4v) is 3.64. The zero-order valence-electron chi connectivity index (χ0n) is 18.3. The first-order valence-electron chi connectivity index (χ1n) is 10.4. The van der Waals surface area contributed by atoms with Gasteiger partial charge in [-0.05, 0) is 50.1 Å². The minimum absolute atomic E-state index is 0.149. The highest BCUT2D eigenvalue weighted by Gasteiger charge is 2.39. The number of nitrogens with one attached hydrogen (secondary N) is 2. The number of benzene rings is 2. The Kier molecular flexibility index (Phi) is 7.24. The molecule has 1 saturated heterocycles. The van der Waals surface area contributed by atoms with Gasteiger partial charge in [0.2, 0.25) is 5.91 Å². The van der Waals surface area contributed by atoms with Crippen LogP contribution in [0.3, 0.4) is 0 Å². The standard InChI is InChI=1S/C22H23N3O2.C2H2O4/c1-14-3-6-17(7-4-14)25-21(26)12-20(22(25)27)23-10-9-16-13-24-19-8-5-15(2)11-18(16)19;3-1(4)2(5)6/h3-8,11,13,20,23-24H,9-10,12H2,1-2H3;(H,3,4)(H,5,6). The molecule has 172 valence electrons. The van der Waals surface area contributed by atoms with Gasteiger partial charge in [-0.25, -0.2) is 14.5 Å². The molecule has 4 N–H and O–H groups in total. The maximum absolute atomic E-state index is 12.7. The van der Waals surface area contributed by atoms with Crippen molar-refractivity contribution in [1.82, 2.24) is 10.3 Å². The van der Waals surface area contributed by atoms with Gasteiger partial charge >= 0.3 is 11.9 Å². The van der Waals surface area contributed by atoms with Gasteiger partial charge in [-0.1, -0.05) is 29.3 Å². The Morgan fingerprint density at radius 1 is 1.03 bits per heavy atom. The van der Waals surface area contributed by atoms with Crippen molar-refractivity contribution in [2.45, 2.75) is 32.7 Å². The number of aryl methyl sites for hydroxylation is 2. The first-order chi connectivity index (χ1) is 15.7. The first kappa shape index (κ1) is 23.7. The van der Waals surface area contributed by atoms with Gasteiger partial charge in [-0.2, -0.15) is 0 Å². The Morgan fingerprint density at radius 3 is 2.30 bits per heavy atom. The highest BCUT2D eigenvalue weighted by Crippen LogP contribution is 2.24. The van der Waals surface area contributed by atoms with Gasteiger partial charge in [0.05, 0.1) is 18.2 Å². The van der Waals surface area contributed by atoms with Gasteiger partial charge in [0, 0.05) is 23.6 Å². The summed E-state index contributed by atoms with van der Waals surface area (Å²) in [7, 11) is 0. The van der Waals surface area contributed by atoms with E-state index in [1.165, 1.54) is 21.4 Å². The lowest BCUT2D eigenvalue weighted by atomic mass is 10.1. The van der Waals surface area contributed by atoms with E-state index in [2.05, 4.69) is 35.4 Å². The molecule has 9 nitrogen and oxygen atoms in total. The number of fused-ring (bicyclic) bond motifs is 1. The maximum atomic E-state index is 12.7. The Bertz CT molecular complexity index is 1190. The van der Waals surface area contributed by atoms with Gasteiger partial charge in [0.1, 0.15) is 0 Å². The zero-order chi connectivity index (χ0) is 24.1. The molecule has 1 fully saturated rings. The van der Waals surface area contributed by atoms with Crippen LogP contribution in [0.15, 0.2) is 48.7 Å². The molecule has 4 rings (SSSR count). The van der Waals surface area contributed by atoms with Gasteiger partial charge in [0.15, 0.2) is 0 Å². The molecule has 2 aromatic carbocycles. The van der Waals surface area contributed by atoms with E-state index < -0.39 is 18.0 Å². The van der Waals surface area contributed by atoms with E-state index in [9.17, 15) is 9.59 Å². The number of H-pyrrole nitrogens is 1. The molecular formula is C24H25N3O6. The normalized spacial score (nSPS) is 15.5. The van der Waals surface area contributed by atoms with Crippen LogP contribution in [0.2, 0.25) is 0 Å². The quantitative estimate of drug-likeness (QED) is 0.345. The van der Waals surface area contributed by atoms with Crippen LogP contribution < -0.4 is 10.2 Å². The molecule has 9 heteroatoms. The van der Waals surface area contributed by atoms with Crippen LogP contribution in [0.25, 0.3) is 10.9 Å². The molecule has 0 bridgehead atoms. The molecule has 0 aliphatic carbocycles. The molecule has 1 aliphatic heterocycles. The number of carboxylic acids is 2. The van der Waals surface area contributed by atoms with Crippen molar-refractivity contribution in [3.63, 3.8) is 0 Å². The molecule has 2 amide bonds. The summed E-state index contributed by atoms with van der Waals surface area (Å²) in [5, 5.41) is 19.3. The molecule has 1 aromatic heterocycles. The van der Waals surface area contributed by atoms with Crippen molar-refractivity contribution in [2.75, 3.05) is 11.4 Å². The number of aliphatic carboxylic acids is 2. The Balaban J connectivity index is 0.000000454. The summed E-state index contributed by atoms with van der Waals surface area (Å²) in [4.78, 5) is 47.8. The van der Waals surface area contributed by atoms with E-state index in [1.54, 1.807) is 0 Å². The summed E-state index contributed by atoms with van der Waals surface area (Å²) >= 11 is 0. The molecule has 2 heterocycles. The van der Waals surface area contributed by atoms with E-state index in [4.69, 9.17) is 19.8 Å². The number of rotatable bonds is 5. The smallest absolute Gasteiger partial charge is 0.414 e. The van der Waals surface area contributed by atoms with Gasteiger partial charge in [-0.3, -0.25) is 9.59 Å². The second-order valence-electron chi connectivity index (χ2n) is 7.84. The number of carbonyl (C=O) groups excluding carboxylic acids is 2. The number of nitrogens with zero attached hydrogens (tertiary/aromatic N) is 1. The SMILES string of the molecule is Cc1ccc(N2C(=O)CC(NCCc3c[nH]c4ccc(C)cc34)C2=O)cc1.O=C(O)C(=O)O. The van der Waals surface area contributed by atoms with Crippen LogP contribution >= 0.6 is 0 Å². The third kappa shape index (κ3) is 5.64. The molecular weight excluding hydrogens is 426 g/mol. The predicted molar refractivity (Wildman–Crippen MR) is 122 cm³/mol. The highest BCUT2D eigenvalue weighted by atomic mass is 16.4. The summed E-state index contributed by atoms with van der Waals surface area (Å²) in [5.41, 5.74) is 5.30. The number of imide groups is 1. The van der Waals surface area contributed by atoms with E-state index in [0.29, 0.717) is 12.2 Å². The van der Waals surface area contributed by atoms with E-state index in [-0.39, 0.29) is 18.2 Å². The second-order valence-corrected chi connectivity index (χ2v) is 7.84. The molecule has 1 unspecified atom stereocenters. The van der Waals surface area contributed by atoms with Crippen LogP contribution in [0.4, 0.5) is 5.69 Å². The Hall–Kier alpha value is -3.98. The summed E-state index contributed by atoms with van der Waals surface area (Å²) in [6, 6.07) is 13.4. The Labute approximate surface area is 190 Å². The van der Waals surface area contributed by atoms with Crippen molar-refractivity contribution in [1.29, 1.82) is 0 Å². The summed E-state index contributed by atoms with van der Waals surface area (Å²) in [6.45, 7) is 4.71. The molecule has 0 radical (unpaired) electrons. The monoisotopic (exact) mass is 451 g/mol. The van der Waals surface area contributed by atoms with Crippen LogP contribution in [-0.4, -0.2) is 51.5 Å². The number of hydrogen-bond donors (Lipinski definition) is 4. The second kappa shape index (κ2) is 10.1. The number of anilines is 1. The summed E-state index contributed by atoms with van der Waals surface area (Å²) in [5.74, 6) is -3.97. The lowest BCUT2D eigenvalue weighted by Gasteiger charge is -2.15. The van der Waals surface area contributed by atoms with E-state index in [1.807, 2.05) is 37.4 Å². The number of hydrogen-bond acceptors (Lipinski definition) is 5. The zero-order valence-corrected chi connectivity index (χ0v) is 18.3. The molecule has 3 aromatic rings. The summed E-state index contributed by atoms with van der Waals surface area (Å²) < 4.78 is 0. The number of carboxylic acid groups (broad SMARTS) is 2. The van der Waals surface area contributed by atoms with Crippen molar-refractivity contribution >= 4 is 40.3 Å². The summed E-state index contributed by atoms with van der Waals surface area (Å²) in [6.07, 6.45) is 3.03. The third-order valence-electron chi connectivity index (χ3n) is 5.33. The van der Waals surface area contributed by atoms with Crippen LogP contribution in [0.5, 0.6) is 0 Å². The maximum Gasteiger partial charge on any atom is 0.414 e. The molecule has 33 heavy (non-hydrogen) atoms. The number of aromatic nitrogens is 1. The largest absolute Gasteiger partial charge is 0.473 e. The number of carbonyl (C=O) groups is 4. The lowest BCUT2D eigenvalue weighted by molar-refractivity contribution is -0.159. The van der Waals surface area contributed by atoms with Crippen LogP contribution in [0, 0.1) is 13.8 Å². The first-order valence-corrected chi connectivity index (χ1v) is 10.4. The van der Waals surface area contributed by atoms with Gasteiger partial charge in [0.25, 0.3) is 5.91 Å². The van der Waals surface area contributed by atoms with E-state index >= 15 is 0 Å². The minimum atomic E-state index is -1.82. The third-order valence-corrected chi connectivity index (χ3v) is 5.33. The fraction of sp³-hybridized carbons (Fsp3) is 0.250. The molecule has 0 spiro atoms. The number of amides is 2. The fourth-order valence-electron chi connectivity index (χ4n) is 3.64. The minimum Gasteiger partial charge on any atom is -0.473 e. The highest BCUT2D eigenvalue weighted by molar-refractivity contribution is 6.27. The van der Waals surface area contributed by atoms with E-state index in [0.717, 1.165) is 17.5 Å². The average Bonchev–Trinajstić information content (AvgIpc) is 3.29. The van der Waals surface area contributed by atoms with Gasteiger partial charge < -0.3 is 20.5 Å². The predicted octanol–water partition coefficient (Wildman–Crippen LogP) is 2.40.